The zero-order valence-corrected chi connectivity index (χ0v) is 20.5. The summed E-state index contributed by atoms with van der Waals surface area (Å²) in [5, 5.41) is 0.671. The summed E-state index contributed by atoms with van der Waals surface area (Å²) < 4.78 is 0. The summed E-state index contributed by atoms with van der Waals surface area (Å²) in [6.45, 7) is 12.4. The molecule has 1 saturated carbocycles. The van der Waals surface area contributed by atoms with Crippen molar-refractivity contribution in [2.45, 2.75) is 47.5 Å². The van der Waals surface area contributed by atoms with E-state index in [9.17, 15) is 9.59 Å². The van der Waals surface area contributed by atoms with Crippen LogP contribution >= 0.6 is 11.6 Å². The van der Waals surface area contributed by atoms with Crippen LogP contribution in [0.25, 0.3) is 0 Å². The van der Waals surface area contributed by atoms with Gasteiger partial charge in [0.15, 0.2) is 11.6 Å². The van der Waals surface area contributed by atoms with Crippen LogP contribution in [0.4, 0.5) is 0 Å². The average molecular weight is 447 g/mol. The second kappa shape index (κ2) is 7.56. The molecule has 0 N–H and O–H groups in total. The smallest absolute Gasteiger partial charge is 0.185 e. The first-order valence-electron chi connectivity index (χ1n) is 11.2. The Balaban J connectivity index is 1.93. The van der Waals surface area contributed by atoms with E-state index < -0.39 is 5.41 Å². The van der Waals surface area contributed by atoms with Gasteiger partial charge in [-0.25, -0.2) is 0 Å². The van der Waals surface area contributed by atoms with Crippen LogP contribution in [0.2, 0.25) is 5.02 Å². The normalized spacial score (nSPS) is 22.4. The van der Waals surface area contributed by atoms with Crippen molar-refractivity contribution in [2.75, 3.05) is 0 Å². The molecule has 0 amide bonds. The molecule has 0 bridgehead atoms. The van der Waals surface area contributed by atoms with E-state index in [2.05, 4.69) is 53.7 Å². The van der Waals surface area contributed by atoms with Gasteiger partial charge in [-0.1, -0.05) is 108 Å². The molecule has 166 valence electrons. The van der Waals surface area contributed by atoms with Crippen molar-refractivity contribution < 1.29 is 9.59 Å². The Bertz CT molecular complexity index is 1090. The summed E-state index contributed by atoms with van der Waals surface area (Å²) in [7, 11) is 0. The first-order chi connectivity index (χ1) is 14.9. The fraction of sp³-hybridized carbons (Fsp3) is 0.379. The van der Waals surface area contributed by atoms with Gasteiger partial charge in [-0.3, -0.25) is 9.59 Å². The van der Waals surface area contributed by atoms with E-state index in [1.54, 1.807) is 0 Å². The van der Waals surface area contributed by atoms with Crippen molar-refractivity contribution in [3.8, 4) is 0 Å². The predicted molar refractivity (Wildman–Crippen MR) is 131 cm³/mol. The Hall–Kier alpha value is -2.45. The van der Waals surface area contributed by atoms with Crippen LogP contribution in [-0.2, 0) is 4.79 Å². The highest BCUT2D eigenvalue weighted by molar-refractivity contribution is 6.30. The number of hydrogen-bond acceptors (Lipinski definition) is 2. The van der Waals surface area contributed by atoms with Gasteiger partial charge in [0, 0.05) is 39.0 Å². The van der Waals surface area contributed by atoms with Crippen molar-refractivity contribution in [1.29, 1.82) is 0 Å². The van der Waals surface area contributed by atoms with Crippen LogP contribution in [-0.4, -0.2) is 11.6 Å². The van der Waals surface area contributed by atoms with Crippen LogP contribution in [0, 0.1) is 22.2 Å². The minimum Gasteiger partial charge on any atom is -0.294 e. The quantitative estimate of drug-likeness (QED) is 0.458. The van der Waals surface area contributed by atoms with E-state index in [1.807, 2.05) is 54.6 Å². The van der Waals surface area contributed by atoms with Gasteiger partial charge in [-0.2, -0.15) is 0 Å². The number of allylic oxidation sites excluding steroid dienone is 4. The number of rotatable bonds is 3. The van der Waals surface area contributed by atoms with E-state index in [4.69, 9.17) is 11.6 Å². The molecule has 3 heteroatoms. The van der Waals surface area contributed by atoms with Gasteiger partial charge in [0.25, 0.3) is 0 Å². The zero-order chi connectivity index (χ0) is 23.5. The van der Waals surface area contributed by atoms with Crippen molar-refractivity contribution >= 4 is 23.2 Å². The zero-order valence-electron chi connectivity index (χ0n) is 19.7. The maximum absolute atomic E-state index is 13.8. The second-order valence-corrected chi connectivity index (χ2v) is 11.6. The fourth-order valence-electron chi connectivity index (χ4n) is 5.03. The lowest BCUT2D eigenvalue weighted by Crippen LogP contribution is -2.31. The van der Waals surface area contributed by atoms with Gasteiger partial charge >= 0.3 is 0 Å². The summed E-state index contributed by atoms with van der Waals surface area (Å²) in [4.78, 5) is 27.3. The van der Waals surface area contributed by atoms with Gasteiger partial charge in [-0.15, -0.1) is 0 Å². The number of Topliss-reactive ketones (excluding diaryl/α,β-unsaturated/α-hetero) is 2. The Kier molecular flexibility index (Phi) is 5.37. The molecule has 32 heavy (non-hydrogen) atoms. The molecule has 0 radical (unpaired) electrons. The predicted octanol–water partition coefficient (Wildman–Crippen LogP) is 7.45. The maximum atomic E-state index is 13.8. The van der Waals surface area contributed by atoms with Crippen LogP contribution < -0.4 is 0 Å². The summed E-state index contributed by atoms with van der Waals surface area (Å²) in [6.07, 6.45) is 4.21. The lowest BCUT2D eigenvalue weighted by molar-refractivity contribution is -0.114. The van der Waals surface area contributed by atoms with E-state index in [-0.39, 0.29) is 34.2 Å². The molecule has 0 heterocycles. The second-order valence-electron chi connectivity index (χ2n) is 11.2. The highest BCUT2D eigenvalue weighted by Crippen LogP contribution is 2.70. The first-order valence-corrected chi connectivity index (χ1v) is 11.6. The number of ketones is 2. The van der Waals surface area contributed by atoms with Crippen molar-refractivity contribution in [3.63, 3.8) is 0 Å². The molecule has 2 atom stereocenters. The Morgan fingerprint density at radius 3 is 1.78 bits per heavy atom. The topological polar surface area (TPSA) is 34.1 Å². The molecule has 2 aliphatic rings. The molecule has 0 aromatic heterocycles. The van der Waals surface area contributed by atoms with Crippen molar-refractivity contribution in [3.05, 3.63) is 94.0 Å². The van der Waals surface area contributed by atoms with Crippen LogP contribution in [0.3, 0.4) is 0 Å². The summed E-state index contributed by atoms with van der Waals surface area (Å²) in [5.74, 6) is -0.0682. The molecular formula is C29H31ClO2. The molecule has 1 spiro atoms. The van der Waals surface area contributed by atoms with Gasteiger partial charge in [0.05, 0.1) is 0 Å². The maximum Gasteiger partial charge on any atom is 0.185 e. The minimum absolute atomic E-state index is 0.0322. The van der Waals surface area contributed by atoms with Crippen molar-refractivity contribution in [1.82, 2.24) is 0 Å². The molecule has 2 nitrogen and oxygen atoms in total. The Morgan fingerprint density at radius 1 is 0.812 bits per heavy atom. The van der Waals surface area contributed by atoms with Crippen LogP contribution in [0.15, 0.2) is 77.9 Å². The highest BCUT2D eigenvalue weighted by Gasteiger charge is 2.67. The lowest BCUT2D eigenvalue weighted by Gasteiger charge is -2.34. The monoisotopic (exact) mass is 446 g/mol. The highest BCUT2D eigenvalue weighted by atomic mass is 35.5. The summed E-state index contributed by atoms with van der Waals surface area (Å²) in [6, 6.07) is 17.3. The molecule has 4 rings (SSSR count). The largest absolute Gasteiger partial charge is 0.294 e. The fourth-order valence-corrected chi connectivity index (χ4v) is 5.16. The van der Waals surface area contributed by atoms with Gasteiger partial charge in [0.1, 0.15) is 0 Å². The standard InChI is InChI=1S/C29H31ClO2/c1-27(2,3)21-16-29(17-22(26(21)32)28(4,5)6)23(18-12-14-20(30)15-13-18)24(29)25(31)19-10-8-7-9-11-19/h7-17,23-24H,1-6H3/t23-,24+/m1/s1. The van der Waals surface area contributed by atoms with E-state index in [1.165, 1.54) is 0 Å². The number of carbonyl (C=O) groups is 2. The van der Waals surface area contributed by atoms with E-state index in [0.29, 0.717) is 10.6 Å². The van der Waals surface area contributed by atoms with Gasteiger partial charge < -0.3 is 0 Å². The van der Waals surface area contributed by atoms with E-state index in [0.717, 1.165) is 16.7 Å². The summed E-state index contributed by atoms with van der Waals surface area (Å²) >= 11 is 6.16. The minimum atomic E-state index is -0.514. The SMILES string of the molecule is CC(C)(C)C1=CC2(C=C(C(C)(C)C)C1=O)[C@H](C(=O)c1ccccc1)[C@H]2c1ccc(Cl)cc1. The number of halogens is 1. The van der Waals surface area contributed by atoms with Gasteiger partial charge in [0.2, 0.25) is 0 Å². The molecule has 2 aromatic carbocycles. The molecule has 1 fully saturated rings. The summed E-state index contributed by atoms with van der Waals surface area (Å²) in [5.41, 5.74) is 2.23. The third-order valence-corrected chi connectivity index (χ3v) is 7.02. The van der Waals surface area contributed by atoms with Crippen LogP contribution in [0.5, 0.6) is 0 Å². The molecule has 2 aliphatic carbocycles. The molecule has 0 saturated heterocycles. The third kappa shape index (κ3) is 3.79. The molecular weight excluding hydrogens is 416 g/mol. The third-order valence-electron chi connectivity index (χ3n) is 6.77. The lowest BCUT2D eigenvalue weighted by atomic mass is 9.69. The van der Waals surface area contributed by atoms with Crippen LogP contribution in [0.1, 0.15) is 63.4 Å². The van der Waals surface area contributed by atoms with E-state index >= 15 is 0 Å². The van der Waals surface area contributed by atoms with Crippen molar-refractivity contribution in [2.24, 2.45) is 22.2 Å². The number of carbonyl (C=O) groups excluding carboxylic acids is 2. The number of benzene rings is 2. The number of hydrogen-bond donors (Lipinski definition) is 0. The molecule has 2 aromatic rings. The molecule has 0 aliphatic heterocycles. The average Bonchev–Trinajstić information content (AvgIpc) is 3.35. The molecule has 0 unspecified atom stereocenters. The Labute approximate surface area is 196 Å². The van der Waals surface area contributed by atoms with Gasteiger partial charge in [-0.05, 0) is 28.5 Å². The Morgan fingerprint density at radius 2 is 1.31 bits per heavy atom. The first kappa shape index (κ1) is 22.7.